The molecule has 0 saturated carbocycles. The molecule has 1 atom stereocenters. The van der Waals surface area contributed by atoms with Gasteiger partial charge in [0.1, 0.15) is 0 Å². The van der Waals surface area contributed by atoms with Crippen molar-refractivity contribution in [3.8, 4) is 0 Å². The van der Waals surface area contributed by atoms with Crippen molar-refractivity contribution >= 4 is 33.6 Å². The van der Waals surface area contributed by atoms with Crippen LogP contribution in [0, 0.1) is 0 Å². The Morgan fingerprint density at radius 1 is 1.15 bits per heavy atom. The lowest BCUT2D eigenvalue weighted by Crippen LogP contribution is -2.52. The van der Waals surface area contributed by atoms with Gasteiger partial charge in [-0.05, 0) is 37.6 Å². The van der Waals surface area contributed by atoms with Gasteiger partial charge in [0.25, 0.3) is 0 Å². The average Bonchev–Trinajstić information content (AvgIpc) is 2.62. The summed E-state index contributed by atoms with van der Waals surface area (Å²) in [6.45, 7) is 5.20. The smallest absolute Gasteiger partial charge is 0.321 e. The molecule has 8 nitrogen and oxygen atoms in total. The Morgan fingerprint density at radius 2 is 1.74 bits per heavy atom. The number of urea groups is 1. The maximum atomic E-state index is 12.6. The highest BCUT2D eigenvalue weighted by Gasteiger charge is 2.29. The van der Waals surface area contributed by atoms with Crippen LogP contribution in [-0.4, -0.2) is 68.3 Å². The third-order valence-corrected chi connectivity index (χ3v) is 6.56. The molecule has 3 amide bonds. The van der Waals surface area contributed by atoms with Gasteiger partial charge in [-0.2, -0.15) is 4.31 Å². The van der Waals surface area contributed by atoms with Crippen LogP contribution in [0.4, 0.5) is 4.79 Å². The van der Waals surface area contributed by atoms with Gasteiger partial charge >= 0.3 is 6.03 Å². The standard InChI is InChI=1S/C17H25ClN4O4S/c1-3-13(2)19-17(24)20-16(23)12-21-8-10-22(11-9-21)27(25,26)15-6-4-14(18)5-7-15/h4-7,13H,3,8-12H2,1-2H3,(H2,19,20,23,24)/t13-/m1/s1. The molecule has 0 aromatic heterocycles. The van der Waals surface area contributed by atoms with E-state index in [1.807, 2.05) is 18.7 Å². The van der Waals surface area contributed by atoms with Gasteiger partial charge in [0.05, 0.1) is 11.4 Å². The molecule has 1 aliphatic rings. The molecular weight excluding hydrogens is 392 g/mol. The lowest BCUT2D eigenvalue weighted by atomic mass is 10.3. The van der Waals surface area contributed by atoms with Crippen LogP contribution in [-0.2, 0) is 14.8 Å². The molecule has 150 valence electrons. The van der Waals surface area contributed by atoms with Gasteiger partial charge in [-0.15, -0.1) is 0 Å². The molecule has 1 fully saturated rings. The second-order valence-electron chi connectivity index (χ2n) is 6.47. The summed E-state index contributed by atoms with van der Waals surface area (Å²) in [6, 6.07) is 5.51. The van der Waals surface area contributed by atoms with Gasteiger partial charge in [-0.25, -0.2) is 13.2 Å². The first kappa shape index (κ1) is 21.6. The van der Waals surface area contributed by atoms with Crippen LogP contribution in [0.2, 0.25) is 5.02 Å². The van der Waals surface area contributed by atoms with Crippen LogP contribution >= 0.6 is 11.6 Å². The van der Waals surface area contributed by atoms with Crippen LogP contribution < -0.4 is 10.6 Å². The molecular formula is C17H25ClN4O4S. The summed E-state index contributed by atoms with van der Waals surface area (Å²) in [5.41, 5.74) is 0. The molecule has 1 aromatic rings. The minimum absolute atomic E-state index is 0.0144. The Kier molecular flexibility index (Phi) is 7.60. The first-order valence-electron chi connectivity index (χ1n) is 8.80. The highest BCUT2D eigenvalue weighted by molar-refractivity contribution is 7.89. The van der Waals surface area contributed by atoms with Crippen molar-refractivity contribution < 1.29 is 18.0 Å². The second-order valence-corrected chi connectivity index (χ2v) is 8.84. The summed E-state index contributed by atoms with van der Waals surface area (Å²) in [5.74, 6) is -0.412. The molecule has 0 bridgehead atoms. The van der Waals surface area contributed by atoms with Crippen LogP contribution in [0.5, 0.6) is 0 Å². The van der Waals surface area contributed by atoms with Gasteiger partial charge in [-0.1, -0.05) is 18.5 Å². The normalized spacial score (nSPS) is 17.3. The van der Waals surface area contributed by atoms with Crippen molar-refractivity contribution in [2.24, 2.45) is 0 Å². The average molecular weight is 417 g/mol. The summed E-state index contributed by atoms with van der Waals surface area (Å²) >= 11 is 5.81. The van der Waals surface area contributed by atoms with Gasteiger partial charge in [0.15, 0.2) is 0 Å². The van der Waals surface area contributed by atoms with Gasteiger partial charge in [-0.3, -0.25) is 15.0 Å². The SMILES string of the molecule is CC[C@@H](C)NC(=O)NC(=O)CN1CCN(S(=O)(=O)c2ccc(Cl)cc2)CC1. The fourth-order valence-electron chi connectivity index (χ4n) is 2.61. The van der Waals surface area contributed by atoms with E-state index in [1.165, 1.54) is 16.4 Å². The summed E-state index contributed by atoms with van der Waals surface area (Å²) in [4.78, 5) is 25.6. The maximum absolute atomic E-state index is 12.6. The van der Waals surface area contributed by atoms with Crippen molar-refractivity contribution in [3.63, 3.8) is 0 Å². The number of piperazine rings is 1. The molecule has 10 heteroatoms. The fraction of sp³-hybridized carbons (Fsp3) is 0.529. The zero-order valence-electron chi connectivity index (χ0n) is 15.4. The molecule has 0 aliphatic carbocycles. The highest BCUT2D eigenvalue weighted by Crippen LogP contribution is 2.19. The first-order valence-corrected chi connectivity index (χ1v) is 10.6. The number of carbonyl (C=O) groups is 2. The Bertz CT molecular complexity index is 762. The summed E-state index contributed by atoms with van der Waals surface area (Å²) in [6.07, 6.45) is 0.770. The van der Waals surface area contributed by atoms with E-state index in [4.69, 9.17) is 11.6 Å². The van der Waals surface area contributed by atoms with Crippen LogP contribution in [0.25, 0.3) is 0 Å². The van der Waals surface area contributed by atoms with Crippen LogP contribution in [0.15, 0.2) is 29.2 Å². The van der Waals surface area contributed by atoms with Crippen molar-refractivity contribution in [2.75, 3.05) is 32.7 Å². The zero-order chi connectivity index (χ0) is 20.0. The third kappa shape index (κ3) is 6.17. The molecule has 0 spiro atoms. The Morgan fingerprint density at radius 3 is 2.30 bits per heavy atom. The Labute approximate surface area is 164 Å². The third-order valence-electron chi connectivity index (χ3n) is 4.39. The number of nitrogens with one attached hydrogen (secondary N) is 2. The molecule has 1 heterocycles. The second kappa shape index (κ2) is 9.50. The number of sulfonamides is 1. The lowest BCUT2D eigenvalue weighted by Gasteiger charge is -2.33. The first-order chi connectivity index (χ1) is 12.7. The lowest BCUT2D eigenvalue weighted by molar-refractivity contribution is -0.121. The molecule has 2 N–H and O–H groups in total. The molecule has 0 unspecified atom stereocenters. The summed E-state index contributed by atoms with van der Waals surface area (Å²) in [5, 5.41) is 5.42. The highest BCUT2D eigenvalue weighted by atomic mass is 35.5. The van der Waals surface area contributed by atoms with Crippen molar-refractivity contribution in [3.05, 3.63) is 29.3 Å². The van der Waals surface area contributed by atoms with Gasteiger partial charge in [0.2, 0.25) is 15.9 Å². The van der Waals surface area contributed by atoms with Gasteiger partial charge < -0.3 is 5.32 Å². The summed E-state index contributed by atoms with van der Waals surface area (Å²) in [7, 11) is -3.58. The number of halogens is 1. The number of rotatable bonds is 6. The van der Waals surface area contributed by atoms with Crippen molar-refractivity contribution in [1.29, 1.82) is 0 Å². The van der Waals surface area contributed by atoms with Crippen LogP contribution in [0.3, 0.4) is 0 Å². The number of nitrogens with zero attached hydrogens (tertiary/aromatic N) is 2. The minimum Gasteiger partial charge on any atom is -0.335 e. The number of carbonyl (C=O) groups excluding carboxylic acids is 2. The molecule has 0 radical (unpaired) electrons. The predicted molar refractivity (Wildman–Crippen MR) is 103 cm³/mol. The van der Waals surface area contributed by atoms with E-state index in [0.29, 0.717) is 18.1 Å². The van der Waals surface area contributed by atoms with Crippen molar-refractivity contribution in [2.45, 2.75) is 31.2 Å². The van der Waals surface area contributed by atoms with E-state index in [1.54, 1.807) is 12.1 Å². The molecule has 2 rings (SSSR count). The summed E-state index contributed by atoms with van der Waals surface area (Å²) < 4.78 is 26.7. The molecule has 1 aliphatic heterocycles. The van der Waals surface area contributed by atoms with E-state index in [-0.39, 0.29) is 30.6 Å². The van der Waals surface area contributed by atoms with E-state index < -0.39 is 22.0 Å². The van der Waals surface area contributed by atoms with Crippen molar-refractivity contribution in [1.82, 2.24) is 19.8 Å². The van der Waals surface area contributed by atoms with E-state index in [9.17, 15) is 18.0 Å². The number of benzene rings is 1. The number of hydrogen-bond donors (Lipinski definition) is 2. The van der Waals surface area contributed by atoms with E-state index in [0.717, 1.165) is 6.42 Å². The number of amides is 3. The quantitative estimate of drug-likeness (QED) is 0.727. The predicted octanol–water partition coefficient (Wildman–Crippen LogP) is 1.27. The largest absolute Gasteiger partial charge is 0.335 e. The number of hydrogen-bond acceptors (Lipinski definition) is 5. The molecule has 1 saturated heterocycles. The topological polar surface area (TPSA) is 98.8 Å². The maximum Gasteiger partial charge on any atom is 0.321 e. The fourth-order valence-corrected chi connectivity index (χ4v) is 4.16. The Balaban J connectivity index is 1.83. The molecule has 1 aromatic carbocycles. The Hall–Kier alpha value is -1.68. The minimum atomic E-state index is -3.58. The van der Waals surface area contributed by atoms with Crippen LogP contribution in [0.1, 0.15) is 20.3 Å². The zero-order valence-corrected chi connectivity index (χ0v) is 17.0. The van der Waals surface area contributed by atoms with E-state index >= 15 is 0 Å². The number of imide groups is 1. The van der Waals surface area contributed by atoms with Gasteiger partial charge in [0, 0.05) is 37.2 Å². The van der Waals surface area contributed by atoms with E-state index in [2.05, 4.69) is 10.6 Å². The monoisotopic (exact) mass is 416 g/mol. The molecule has 27 heavy (non-hydrogen) atoms.